The van der Waals surface area contributed by atoms with Crippen LogP contribution in [0.1, 0.15) is 73.5 Å². The maximum atomic E-state index is 14.7. The molecule has 0 bridgehead atoms. The molecule has 0 saturated carbocycles. The van der Waals surface area contributed by atoms with Gasteiger partial charge < -0.3 is 19.0 Å². The van der Waals surface area contributed by atoms with Crippen LogP contribution in [0.3, 0.4) is 0 Å². The van der Waals surface area contributed by atoms with Crippen LogP contribution >= 0.6 is 11.3 Å². The second-order valence-corrected chi connectivity index (χ2v) is 18.8. The van der Waals surface area contributed by atoms with Crippen LogP contribution in [0, 0.1) is 24.1 Å². The van der Waals surface area contributed by atoms with Gasteiger partial charge in [0.15, 0.2) is 5.78 Å². The molecule has 2 aromatic heterocycles. The predicted octanol–water partition coefficient (Wildman–Crippen LogP) is 5.58. The van der Waals surface area contributed by atoms with E-state index in [0.29, 0.717) is 10.4 Å². The molecule has 0 spiro atoms. The number of benzene rings is 3. The Morgan fingerprint density at radius 3 is 2.22 bits per heavy atom. The molecule has 0 radical (unpaired) electrons. The molecule has 3 aromatic carbocycles. The minimum atomic E-state index is -3.66. The lowest BCUT2D eigenvalue weighted by atomic mass is 10.0. The second-order valence-electron chi connectivity index (χ2n) is 13.8. The van der Waals surface area contributed by atoms with Crippen LogP contribution in [0.4, 0.5) is 4.39 Å². The summed E-state index contributed by atoms with van der Waals surface area (Å²) in [5.74, 6) is -1.49. The highest BCUT2D eigenvalue weighted by Gasteiger charge is 2.51. The van der Waals surface area contributed by atoms with Crippen molar-refractivity contribution in [3.8, 4) is 11.8 Å². The molecule has 55 heavy (non-hydrogen) atoms. The summed E-state index contributed by atoms with van der Waals surface area (Å²) in [5, 5.41) is 9.64. The highest BCUT2D eigenvalue weighted by atomic mass is 32.1. The highest BCUT2D eigenvalue weighted by Crippen LogP contribution is 2.40. The number of aromatic nitrogens is 2. The highest BCUT2D eigenvalue weighted by molar-refractivity contribution is 7.20. The SMILES string of the molecule is CCOC(=O)c1sc2c(c1C)c(=O)n(C(C)C(=O)CC(C)(C)[Si](O)(c1ccccc1)c1ccccc1)c(=O)n2C[C@H](OCCC#N)c1cc(F)ccc1OC. The molecule has 0 saturated heterocycles. The molecule has 1 N–H and O–H groups in total. The van der Waals surface area contributed by atoms with Crippen molar-refractivity contribution in [2.45, 2.75) is 71.2 Å². The number of ketones is 1. The summed E-state index contributed by atoms with van der Waals surface area (Å²) in [5.41, 5.74) is -1.13. The standard InChI is InChI=1S/C41H44FN3O8SSi/c1-7-52-39(48)36-26(2)35-37(47)45(27(3)32(46)24-41(4,5)55(50,29-15-10-8-11-16-29)30-17-12-9-13-18-30)40(49)44(38(35)54-36)25-34(53-22-14-21-43)31-23-28(42)19-20-33(31)51-6/h8-13,15-20,23,27,34,50H,7,14,22,24-25H2,1-6H3/t27?,34-/m0/s1. The normalized spacial score (nSPS) is 12.9. The Kier molecular flexibility index (Phi) is 12.7. The fourth-order valence-corrected chi connectivity index (χ4v) is 11.9. The number of nitriles is 1. The maximum Gasteiger partial charge on any atom is 0.348 e. The Morgan fingerprint density at radius 2 is 1.65 bits per heavy atom. The van der Waals surface area contributed by atoms with E-state index in [2.05, 4.69) is 0 Å². The Hall–Kier alpha value is -5.20. The number of thiophene rings is 1. The molecule has 288 valence electrons. The molecule has 14 heteroatoms. The Morgan fingerprint density at radius 1 is 1.04 bits per heavy atom. The minimum absolute atomic E-state index is 0.00794. The molecular weight excluding hydrogens is 742 g/mol. The van der Waals surface area contributed by atoms with Gasteiger partial charge in [-0.05, 0) is 59.9 Å². The van der Waals surface area contributed by atoms with Gasteiger partial charge in [-0.1, -0.05) is 74.5 Å². The molecule has 0 aliphatic heterocycles. The van der Waals surface area contributed by atoms with Crippen LogP contribution < -0.4 is 26.4 Å². The number of nitrogens with zero attached hydrogens (tertiary/aromatic N) is 3. The molecule has 11 nitrogen and oxygen atoms in total. The van der Waals surface area contributed by atoms with Crippen LogP contribution in [-0.2, 0) is 20.8 Å². The van der Waals surface area contributed by atoms with Gasteiger partial charge >= 0.3 is 11.7 Å². The monoisotopic (exact) mass is 785 g/mol. The summed E-state index contributed by atoms with van der Waals surface area (Å²) >= 11 is 0.892. The van der Waals surface area contributed by atoms with Gasteiger partial charge in [0.05, 0.1) is 50.8 Å². The topological polar surface area (TPSA) is 150 Å². The number of rotatable bonds is 16. The lowest BCUT2D eigenvalue weighted by Crippen LogP contribution is -2.65. The van der Waals surface area contributed by atoms with E-state index >= 15 is 0 Å². The lowest BCUT2D eigenvalue weighted by molar-refractivity contribution is -0.122. The Bertz CT molecular complexity index is 2310. The van der Waals surface area contributed by atoms with E-state index in [4.69, 9.17) is 14.2 Å². The van der Waals surface area contributed by atoms with Crippen molar-refractivity contribution in [3.63, 3.8) is 0 Å². The van der Waals surface area contributed by atoms with E-state index in [0.717, 1.165) is 15.9 Å². The zero-order valence-electron chi connectivity index (χ0n) is 31.6. The van der Waals surface area contributed by atoms with Gasteiger partial charge in [0.2, 0.25) is 0 Å². The van der Waals surface area contributed by atoms with Crippen molar-refractivity contribution in [1.82, 2.24) is 9.13 Å². The fourth-order valence-electron chi connectivity index (χ4n) is 7.03. The van der Waals surface area contributed by atoms with Crippen LogP contribution in [0.15, 0.2) is 88.5 Å². The van der Waals surface area contributed by atoms with Crippen molar-refractivity contribution in [2.24, 2.45) is 0 Å². The number of methoxy groups -OCH3 is 1. The number of fused-ring (bicyclic) bond motifs is 1. The quantitative estimate of drug-likeness (QED) is 0.0769. The molecule has 0 amide bonds. The van der Waals surface area contributed by atoms with Crippen LogP contribution in [0.2, 0.25) is 5.04 Å². The zero-order valence-corrected chi connectivity index (χ0v) is 33.4. The van der Waals surface area contributed by atoms with Crippen LogP contribution in [-0.4, -0.2) is 54.3 Å². The van der Waals surface area contributed by atoms with E-state index in [9.17, 15) is 33.6 Å². The van der Waals surface area contributed by atoms with E-state index in [1.54, 1.807) is 13.8 Å². The summed E-state index contributed by atoms with van der Waals surface area (Å²) in [7, 11) is -2.26. The van der Waals surface area contributed by atoms with Crippen molar-refractivity contribution in [1.29, 1.82) is 5.26 Å². The number of hydrogen-bond donors (Lipinski definition) is 1. The van der Waals surface area contributed by atoms with E-state index in [-0.39, 0.29) is 64.6 Å². The summed E-state index contributed by atoms with van der Waals surface area (Å²) in [6.45, 7) is 8.01. The summed E-state index contributed by atoms with van der Waals surface area (Å²) in [6.07, 6.45) is -1.27. The van der Waals surface area contributed by atoms with Gasteiger partial charge in [-0.2, -0.15) is 5.26 Å². The average molecular weight is 786 g/mol. The number of esters is 1. The number of Topliss-reactive ketones (excluding diaryl/α,β-unsaturated/α-hetero) is 1. The number of halogens is 1. The molecule has 1 unspecified atom stereocenters. The summed E-state index contributed by atoms with van der Waals surface area (Å²) in [6, 6.07) is 22.9. The third kappa shape index (κ3) is 7.97. The van der Waals surface area contributed by atoms with Gasteiger partial charge in [0.1, 0.15) is 27.4 Å². The second kappa shape index (κ2) is 17.1. The Labute approximate surface area is 323 Å². The van der Waals surface area contributed by atoms with E-state index in [1.807, 2.05) is 80.6 Å². The maximum absolute atomic E-state index is 14.7. The first-order valence-corrected chi connectivity index (χ1v) is 20.6. The third-order valence-corrected chi connectivity index (χ3v) is 15.7. The summed E-state index contributed by atoms with van der Waals surface area (Å²) in [4.78, 5) is 69.7. The fraction of sp³-hybridized carbons (Fsp3) is 0.341. The molecule has 2 atom stereocenters. The number of carbonyl (C=O) groups excluding carboxylic acids is 2. The van der Waals surface area contributed by atoms with E-state index in [1.165, 1.54) is 36.8 Å². The summed E-state index contributed by atoms with van der Waals surface area (Å²) < 4.78 is 33.6. The molecule has 2 heterocycles. The molecule has 5 rings (SSSR count). The Balaban J connectivity index is 1.68. The van der Waals surface area contributed by atoms with Gasteiger partial charge in [0, 0.05) is 12.0 Å². The smallest absolute Gasteiger partial charge is 0.348 e. The molecule has 0 aliphatic carbocycles. The first-order chi connectivity index (χ1) is 26.2. The van der Waals surface area contributed by atoms with Crippen molar-refractivity contribution in [3.05, 3.63) is 122 Å². The lowest BCUT2D eigenvalue weighted by Gasteiger charge is -2.41. The van der Waals surface area contributed by atoms with Crippen molar-refractivity contribution < 1.29 is 33.0 Å². The number of aryl methyl sites for hydroxylation is 1. The van der Waals surface area contributed by atoms with Crippen LogP contribution in [0.25, 0.3) is 10.2 Å². The largest absolute Gasteiger partial charge is 0.496 e. The number of carbonyl (C=O) groups is 2. The molecule has 5 aromatic rings. The van der Waals surface area contributed by atoms with Crippen molar-refractivity contribution >= 4 is 52.0 Å². The molecule has 0 fully saturated rings. The number of hydrogen-bond acceptors (Lipinski definition) is 10. The first-order valence-electron chi connectivity index (χ1n) is 17.8. The average Bonchev–Trinajstić information content (AvgIpc) is 3.52. The third-order valence-electron chi connectivity index (χ3n) is 9.96. The predicted molar refractivity (Wildman–Crippen MR) is 211 cm³/mol. The van der Waals surface area contributed by atoms with Gasteiger partial charge in [-0.25, -0.2) is 18.5 Å². The molecular formula is C41H44FN3O8SSi. The van der Waals surface area contributed by atoms with Gasteiger partial charge in [-0.3, -0.25) is 14.2 Å². The van der Waals surface area contributed by atoms with Gasteiger partial charge in [-0.15, -0.1) is 11.3 Å². The van der Waals surface area contributed by atoms with Crippen LogP contribution in [0.5, 0.6) is 5.75 Å². The van der Waals surface area contributed by atoms with Gasteiger partial charge in [0.25, 0.3) is 13.9 Å². The molecule has 0 aliphatic rings. The minimum Gasteiger partial charge on any atom is -0.496 e. The van der Waals surface area contributed by atoms with Crippen molar-refractivity contribution in [2.75, 3.05) is 20.3 Å². The van der Waals surface area contributed by atoms with E-state index < -0.39 is 54.3 Å². The number of ether oxygens (including phenoxy) is 3. The zero-order chi connectivity index (χ0) is 40.1. The first kappa shape index (κ1) is 41.0.